The quantitative estimate of drug-likeness (QED) is 0.662. The van der Waals surface area contributed by atoms with E-state index in [0.29, 0.717) is 5.69 Å². The third-order valence-electron chi connectivity index (χ3n) is 3.94. The summed E-state index contributed by atoms with van der Waals surface area (Å²) in [5, 5.41) is 2.61. The van der Waals surface area contributed by atoms with Gasteiger partial charge >= 0.3 is 5.69 Å². The highest BCUT2D eigenvalue weighted by molar-refractivity contribution is 7.98. The second-order valence-corrected chi connectivity index (χ2v) is 6.55. The van der Waals surface area contributed by atoms with Gasteiger partial charge in [-0.1, -0.05) is 18.2 Å². The summed E-state index contributed by atoms with van der Waals surface area (Å²) >= 11 is 1.56. The molecule has 0 aliphatic heterocycles. The van der Waals surface area contributed by atoms with Gasteiger partial charge in [-0.05, 0) is 36.6 Å². The van der Waals surface area contributed by atoms with Gasteiger partial charge in [-0.25, -0.2) is 9.18 Å². The zero-order chi connectivity index (χ0) is 19.4. The van der Waals surface area contributed by atoms with Crippen LogP contribution in [0.1, 0.15) is 15.9 Å². The average Bonchev–Trinajstić information content (AvgIpc) is 2.67. The summed E-state index contributed by atoms with van der Waals surface area (Å²) in [6, 6.07) is 12.9. The number of carbonyl (C=O) groups is 1. The molecular weight excluding hydrogens is 369 g/mol. The summed E-state index contributed by atoms with van der Waals surface area (Å²) < 4.78 is 14.6. The molecule has 2 aromatic carbocycles. The van der Waals surface area contributed by atoms with Crippen LogP contribution in [0.3, 0.4) is 0 Å². The van der Waals surface area contributed by atoms with Gasteiger partial charge in [0.15, 0.2) is 0 Å². The van der Waals surface area contributed by atoms with Crippen LogP contribution in [0.2, 0.25) is 0 Å². The molecular formula is C19H16FN3O3S. The van der Waals surface area contributed by atoms with Crippen molar-refractivity contribution >= 4 is 23.4 Å². The highest BCUT2D eigenvalue weighted by Gasteiger charge is 2.16. The van der Waals surface area contributed by atoms with E-state index in [1.54, 1.807) is 30.0 Å². The normalized spacial score (nSPS) is 10.6. The molecule has 0 saturated heterocycles. The van der Waals surface area contributed by atoms with Crippen molar-refractivity contribution < 1.29 is 9.18 Å². The number of hydrogen-bond donors (Lipinski definition) is 2. The first-order chi connectivity index (χ1) is 13.0. The fourth-order valence-electron chi connectivity index (χ4n) is 2.49. The van der Waals surface area contributed by atoms with E-state index < -0.39 is 23.0 Å². The summed E-state index contributed by atoms with van der Waals surface area (Å²) in [6.45, 7) is -0.273. The number of aromatic amines is 1. The molecule has 1 amide bonds. The lowest BCUT2D eigenvalue weighted by Crippen LogP contribution is -2.39. The number of nitrogens with zero attached hydrogens (tertiary/aromatic N) is 1. The van der Waals surface area contributed by atoms with Crippen LogP contribution in [0.4, 0.5) is 10.1 Å². The zero-order valence-electron chi connectivity index (χ0n) is 14.4. The maximum atomic E-state index is 13.8. The predicted molar refractivity (Wildman–Crippen MR) is 103 cm³/mol. The van der Waals surface area contributed by atoms with Crippen molar-refractivity contribution in [2.24, 2.45) is 0 Å². The fraction of sp³-hybridized carbons (Fsp3) is 0.105. The van der Waals surface area contributed by atoms with Crippen LogP contribution < -0.4 is 16.6 Å². The molecule has 3 aromatic rings. The Balaban J connectivity index is 1.90. The number of carbonyl (C=O) groups excluding carboxylic acids is 1. The summed E-state index contributed by atoms with van der Waals surface area (Å²) in [4.78, 5) is 40.4. The molecule has 0 fully saturated rings. The Bertz CT molecular complexity index is 1090. The highest BCUT2D eigenvalue weighted by Crippen LogP contribution is 2.17. The Hall–Kier alpha value is -3.13. The molecule has 0 aliphatic rings. The van der Waals surface area contributed by atoms with E-state index in [-0.39, 0.29) is 17.7 Å². The average molecular weight is 385 g/mol. The minimum absolute atomic E-state index is 0.176. The molecule has 0 spiro atoms. The van der Waals surface area contributed by atoms with Crippen molar-refractivity contribution in [1.29, 1.82) is 0 Å². The van der Waals surface area contributed by atoms with Crippen LogP contribution in [0, 0.1) is 5.82 Å². The van der Waals surface area contributed by atoms with Gasteiger partial charge in [-0.3, -0.25) is 14.2 Å². The SMILES string of the molecule is CSc1ccc(NC(=O)c2c[nH]c(=O)n(Cc3ccccc3F)c2=O)cc1. The molecule has 0 radical (unpaired) electrons. The van der Waals surface area contributed by atoms with E-state index in [2.05, 4.69) is 10.3 Å². The maximum absolute atomic E-state index is 13.8. The molecule has 0 bridgehead atoms. The van der Waals surface area contributed by atoms with E-state index in [1.807, 2.05) is 18.4 Å². The Labute approximate surface area is 158 Å². The molecule has 0 atom stereocenters. The van der Waals surface area contributed by atoms with Crippen molar-refractivity contribution in [2.75, 3.05) is 11.6 Å². The third kappa shape index (κ3) is 4.17. The molecule has 0 saturated carbocycles. The number of benzene rings is 2. The Morgan fingerprint density at radius 1 is 1.15 bits per heavy atom. The van der Waals surface area contributed by atoms with Gasteiger partial charge in [0.1, 0.15) is 11.4 Å². The second kappa shape index (κ2) is 8.05. The van der Waals surface area contributed by atoms with Crippen LogP contribution in [0.15, 0.2) is 69.2 Å². The van der Waals surface area contributed by atoms with Gasteiger partial charge in [0.05, 0.1) is 6.54 Å². The van der Waals surface area contributed by atoms with Gasteiger partial charge in [0.25, 0.3) is 11.5 Å². The van der Waals surface area contributed by atoms with Gasteiger partial charge < -0.3 is 10.3 Å². The second-order valence-electron chi connectivity index (χ2n) is 5.67. The van der Waals surface area contributed by atoms with Crippen molar-refractivity contribution in [3.63, 3.8) is 0 Å². The first-order valence-electron chi connectivity index (χ1n) is 8.01. The van der Waals surface area contributed by atoms with E-state index in [0.717, 1.165) is 15.7 Å². The van der Waals surface area contributed by atoms with Gasteiger partial charge in [0.2, 0.25) is 0 Å². The molecule has 0 aliphatic carbocycles. The monoisotopic (exact) mass is 385 g/mol. The number of thioether (sulfide) groups is 1. The molecule has 6 nitrogen and oxygen atoms in total. The van der Waals surface area contributed by atoms with Crippen molar-refractivity contribution in [3.8, 4) is 0 Å². The molecule has 2 N–H and O–H groups in total. The summed E-state index contributed by atoms with van der Waals surface area (Å²) in [6.07, 6.45) is 3.00. The fourth-order valence-corrected chi connectivity index (χ4v) is 2.90. The first-order valence-corrected chi connectivity index (χ1v) is 9.23. The van der Waals surface area contributed by atoms with Gasteiger partial charge in [-0.15, -0.1) is 11.8 Å². The highest BCUT2D eigenvalue weighted by atomic mass is 32.2. The minimum atomic E-state index is -0.791. The number of nitrogens with one attached hydrogen (secondary N) is 2. The molecule has 1 heterocycles. The van der Waals surface area contributed by atoms with E-state index in [1.165, 1.54) is 18.2 Å². The maximum Gasteiger partial charge on any atom is 0.328 e. The topological polar surface area (TPSA) is 84.0 Å². The Morgan fingerprint density at radius 3 is 2.52 bits per heavy atom. The molecule has 138 valence electrons. The summed E-state index contributed by atoms with van der Waals surface area (Å²) in [7, 11) is 0. The van der Waals surface area contributed by atoms with Crippen LogP contribution in [0.25, 0.3) is 0 Å². The summed E-state index contributed by atoms with van der Waals surface area (Å²) in [5.74, 6) is -1.19. The predicted octanol–water partition coefficient (Wildman–Crippen LogP) is 2.70. The largest absolute Gasteiger partial charge is 0.328 e. The number of aromatic nitrogens is 2. The molecule has 27 heavy (non-hydrogen) atoms. The minimum Gasteiger partial charge on any atom is -0.322 e. The lowest BCUT2D eigenvalue weighted by Gasteiger charge is -2.09. The van der Waals surface area contributed by atoms with E-state index >= 15 is 0 Å². The number of H-pyrrole nitrogens is 1. The standard InChI is InChI=1S/C19H16FN3O3S/c1-27-14-8-6-13(7-9-14)22-17(24)15-10-21-19(26)23(18(15)25)11-12-4-2-3-5-16(12)20/h2-10H,11H2,1H3,(H,21,26)(H,22,24). The van der Waals surface area contributed by atoms with Crippen molar-refractivity contribution in [2.45, 2.75) is 11.4 Å². The Kier molecular flexibility index (Phi) is 5.56. The molecule has 1 aromatic heterocycles. The first kappa shape index (κ1) is 18.7. The number of halogens is 1. The van der Waals surface area contributed by atoms with Crippen LogP contribution >= 0.6 is 11.8 Å². The van der Waals surface area contributed by atoms with Crippen LogP contribution in [-0.4, -0.2) is 21.7 Å². The lowest BCUT2D eigenvalue weighted by molar-refractivity contribution is 0.102. The van der Waals surface area contributed by atoms with E-state index in [9.17, 15) is 18.8 Å². The number of rotatable bonds is 5. The smallest absolute Gasteiger partial charge is 0.322 e. The Morgan fingerprint density at radius 2 is 1.85 bits per heavy atom. The number of anilines is 1. The van der Waals surface area contributed by atoms with Gasteiger partial charge in [-0.2, -0.15) is 0 Å². The van der Waals surface area contributed by atoms with Crippen molar-refractivity contribution in [1.82, 2.24) is 9.55 Å². The van der Waals surface area contributed by atoms with Gasteiger partial charge in [0, 0.05) is 22.3 Å². The lowest BCUT2D eigenvalue weighted by atomic mass is 10.2. The third-order valence-corrected chi connectivity index (χ3v) is 4.68. The van der Waals surface area contributed by atoms with Crippen LogP contribution in [-0.2, 0) is 6.54 Å². The van der Waals surface area contributed by atoms with Crippen molar-refractivity contribution in [3.05, 3.63) is 92.5 Å². The number of hydrogen-bond acceptors (Lipinski definition) is 4. The molecule has 0 unspecified atom stereocenters. The summed E-state index contributed by atoms with van der Waals surface area (Å²) in [5.41, 5.74) is -1.05. The number of amides is 1. The molecule has 3 rings (SSSR count). The van der Waals surface area contributed by atoms with E-state index in [4.69, 9.17) is 0 Å². The zero-order valence-corrected chi connectivity index (χ0v) is 15.2. The van der Waals surface area contributed by atoms with Crippen LogP contribution in [0.5, 0.6) is 0 Å². The molecule has 8 heteroatoms.